The molecule has 0 N–H and O–H groups in total. The lowest BCUT2D eigenvalue weighted by Gasteiger charge is -2.31. The molecule has 0 bridgehead atoms. The topological polar surface area (TPSA) is 3.24 Å². The minimum atomic E-state index is -1.52. The van der Waals surface area contributed by atoms with Crippen LogP contribution in [0.3, 0.4) is 0 Å². The molecular formula is C34H42ClNSi2. The molecule has 0 saturated carbocycles. The standard InChI is InChI=1S/C34H42ClNSi2/c1-34(2,3)26-21-27(35)23-29(22-26)36(28-15-17-30(18-16-28)37(4,5)6)33-20-19-31(38(7,8)9)24-32(33)25-13-11-10-12-14-25/h10-24H,1-9H3. The van der Waals surface area contributed by atoms with E-state index in [9.17, 15) is 0 Å². The van der Waals surface area contributed by atoms with E-state index in [1.54, 1.807) is 0 Å². The first-order chi connectivity index (χ1) is 17.6. The van der Waals surface area contributed by atoms with Crippen LogP contribution in [-0.4, -0.2) is 16.1 Å². The Labute approximate surface area is 237 Å². The van der Waals surface area contributed by atoms with Crippen LogP contribution >= 0.6 is 11.6 Å². The minimum absolute atomic E-state index is 0.0169. The Morgan fingerprint density at radius 1 is 0.605 bits per heavy atom. The SMILES string of the molecule is CC(C)(C)c1cc(Cl)cc(N(c2ccc([Si](C)(C)C)cc2)c2ccc([Si](C)(C)C)cc2-c2ccccc2)c1. The van der Waals surface area contributed by atoms with Crippen molar-refractivity contribution in [1.82, 2.24) is 0 Å². The first-order valence-electron chi connectivity index (χ1n) is 13.6. The Balaban J connectivity index is 2.03. The number of anilines is 3. The molecule has 0 amide bonds. The summed E-state index contributed by atoms with van der Waals surface area (Å²) in [6.45, 7) is 21.2. The second-order valence-corrected chi connectivity index (χ2v) is 24.0. The van der Waals surface area contributed by atoms with Gasteiger partial charge in [-0.15, -0.1) is 0 Å². The fraction of sp³-hybridized carbons (Fsp3) is 0.294. The van der Waals surface area contributed by atoms with Gasteiger partial charge in [0.25, 0.3) is 0 Å². The molecule has 0 aliphatic heterocycles. The lowest BCUT2D eigenvalue weighted by atomic mass is 9.86. The first kappa shape index (κ1) is 28.4. The number of hydrogen-bond donors (Lipinski definition) is 0. The van der Waals surface area contributed by atoms with Crippen LogP contribution in [0.1, 0.15) is 26.3 Å². The zero-order chi connectivity index (χ0) is 27.9. The molecule has 0 unspecified atom stereocenters. The van der Waals surface area contributed by atoms with Crippen molar-refractivity contribution >= 4 is 55.2 Å². The molecule has 4 rings (SSSR count). The van der Waals surface area contributed by atoms with Gasteiger partial charge in [0.1, 0.15) is 0 Å². The third kappa shape index (κ3) is 6.34. The van der Waals surface area contributed by atoms with E-state index in [0.29, 0.717) is 0 Å². The van der Waals surface area contributed by atoms with Gasteiger partial charge in [0.05, 0.1) is 21.8 Å². The molecule has 0 aromatic heterocycles. The average Bonchev–Trinajstić information content (AvgIpc) is 2.83. The lowest BCUT2D eigenvalue weighted by molar-refractivity contribution is 0.590. The van der Waals surface area contributed by atoms with Crippen LogP contribution < -0.4 is 15.3 Å². The summed E-state index contributed by atoms with van der Waals surface area (Å²) in [5, 5.41) is 3.67. The Bertz CT molecular complexity index is 1410. The normalized spacial score (nSPS) is 12.5. The summed E-state index contributed by atoms with van der Waals surface area (Å²) in [5.74, 6) is 0. The van der Waals surface area contributed by atoms with E-state index in [1.165, 1.54) is 32.8 Å². The van der Waals surface area contributed by atoms with Gasteiger partial charge >= 0.3 is 0 Å². The van der Waals surface area contributed by atoms with Gasteiger partial charge in [-0.25, -0.2) is 0 Å². The summed E-state index contributed by atoms with van der Waals surface area (Å²) in [5.41, 5.74) is 7.08. The van der Waals surface area contributed by atoms with Crippen molar-refractivity contribution in [2.24, 2.45) is 0 Å². The van der Waals surface area contributed by atoms with E-state index in [-0.39, 0.29) is 5.41 Å². The molecule has 0 aliphatic rings. The number of nitrogens with zero attached hydrogens (tertiary/aromatic N) is 1. The zero-order valence-corrected chi connectivity index (χ0v) is 27.2. The molecule has 4 aromatic carbocycles. The van der Waals surface area contributed by atoms with Crippen molar-refractivity contribution in [3.8, 4) is 11.1 Å². The van der Waals surface area contributed by atoms with Crippen LogP contribution in [0.25, 0.3) is 11.1 Å². The predicted molar refractivity (Wildman–Crippen MR) is 176 cm³/mol. The van der Waals surface area contributed by atoms with Crippen LogP contribution in [0.2, 0.25) is 44.3 Å². The van der Waals surface area contributed by atoms with Gasteiger partial charge in [0.15, 0.2) is 0 Å². The van der Waals surface area contributed by atoms with Crippen molar-refractivity contribution in [3.63, 3.8) is 0 Å². The second kappa shape index (κ2) is 10.5. The monoisotopic (exact) mass is 555 g/mol. The fourth-order valence-corrected chi connectivity index (χ4v) is 7.28. The van der Waals surface area contributed by atoms with Gasteiger partial charge in [-0.3, -0.25) is 0 Å². The molecular weight excluding hydrogens is 514 g/mol. The number of benzene rings is 4. The summed E-state index contributed by atoms with van der Waals surface area (Å²) in [7, 11) is -2.94. The van der Waals surface area contributed by atoms with E-state index >= 15 is 0 Å². The first-order valence-corrected chi connectivity index (χ1v) is 20.9. The summed E-state index contributed by atoms with van der Waals surface area (Å²) in [6.07, 6.45) is 0. The third-order valence-electron chi connectivity index (χ3n) is 7.19. The number of halogens is 1. The summed E-state index contributed by atoms with van der Waals surface area (Å²) in [6, 6.07) is 33.6. The molecule has 198 valence electrons. The summed E-state index contributed by atoms with van der Waals surface area (Å²) < 4.78 is 0. The minimum Gasteiger partial charge on any atom is -0.310 e. The molecule has 1 nitrogen and oxygen atoms in total. The molecule has 0 saturated heterocycles. The fourth-order valence-electron chi connectivity index (χ4n) is 4.72. The molecule has 0 heterocycles. The van der Waals surface area contributed by atoms with Gasteiger partial charge in [-0.2, -0.15) is 0 Å². The van der Waals surface area contributed by atoms with Crippen molar-refractivity contribution in [1.29, 1.82) is 0 Å². The zero-order valence-electron chi connectivity index (χ0n) is 24.5. The van der Waals surface area contributed by atoms with E-state index < -0.39 is 16.1 Å². The van der Waals surface area contributed by atoms with Gasteiger partial charge < -0.3 is 4.90 Å². The second-order valence-electron chi connectivity index (χ2n) is 13.4. The average molecular weight is 556 g/mol. The number of rotatable bonds is 6. The largest absolute Gasteiger partial charge is 0.310 e. The highest BCUT2D eigenvalue weighted by atomic mass is 35.5. The van der Waals surface area contributed by atoms with E-state index in [1.807, 2.05) is 0 Å². The molecule has 0 aliphatic carbocycles. The third-order valence-corrected chi connectivity index (χ3v) is 11.5. The molecule has 0 spiro atoms. The smallest absolute Gasteiger partial charge is 0.0776 e. The maximum atomic E-state index is 6.79. The van der Waals surface area contributed by atoms with Gasteiger partial charge in [-0.1, -0.05) is 137 Å². The van der Waals surface area contributed by atoms with Crippen molar-refractivity contribution in [2.45, 2.75) is 65.5 Å². The highest BCUT2D eigenvalue weighted by Crippen LogP contribution is 2.42. The maximum absolute atomic E-state index is 6.79. The Morgan fingerprint density at radius 3 is 1.74 bits per heavy atom. The van der Waals surface area contributed by atoms with Crippen LogP contribution in [-0.2, 0) is 5.41 Å². The van der Waals surface area contributed by atoms with Gasteiger partial charge in [0, 0.05) is 22.0 Å². The maximum Gasteiger partial charge on any atom is 0.0776 e. The molecule has 0 fully saturated rings. The van der Waals surface area contributed by atoms with Crippen LogP contribution in [0, 0.1) is 0 Å². The van der Waals surface area contributed by atoms with Gasteiger partial charge in [0.2, 0.25) is 0 Å². The molecule has 4 aromatic rings. The molecule has 4 heteroatoms. The highest BCUT2D eigenvalue weighted by Gasteiger charge is 2.25. The van der Waals surface area contributed by atoms with Crippen LogP contribution in [0.5, 0.6) is 0 Å². The Kier molecular flexibility index (Phi) is 7.87. The van der Waals surface area contributed by atoms with Crippen LogP contribution in [0.15, 0.2) is 91.0 Å². The van der Waals surface area contributed by atoms with E-state index in [4.69, 9.17) is 11.6 Å². The predicted octanol–water partition coefficient (Wildman–Crippen LogP) is 9.86. The Morgan fingerprint density at radius 2 is 1.18 bits per heavy atom. The van der Waals surface area contributed by atoms with Crippen molar-refractivity contribution in [2.75, 3.05) is 4.90 Å². The van der Waals surface area contributed by atoms with E-state index in [2.05, 4.69) is 156 Å². The van der Waals surface area contributed by atoms with Crippen molar-refractivity contribution in [3.05, 3.63) is 102 Å². The molecule has 38 heavy (non-hydrogen) atoms. The lowest BCUT2D eigenvalue weighted by Crippen LogP contribution is -2.37. The summed E-state index contributed by atoms with van der Waals surface area (Å²) >= 11 is 6.79. The van der Waals surface area contributed by atoms with E-state index in [0.717, 1.165) is 16.4 Å². The molecule has 0 atom stereocenters. The highest BCUT2D eigenvalue weighted by molar-refractivity contribution is 6.89. The Hall–Kier alpha value is -2.60. The molecule has 0 radical (unpaired) electrons. The quantitative estimate of drug-likeness (QED) is 0.214. The summed E-state index contributed by atoms with van der Waals surface area (Å²) in [4.78, 5) is 2.39. The van der Waals surface area contributed by atoms with Gasteiger partial charge in [-0.05, 0) is 52.9 Å². The number of hydrogen-bond acceptors (Lipinski definition) is 1. The van der Waals surface area contributed by atoms with Crippen LogP contribution in [0.4, 0.5) is 17.1 Å². The van der Waals surface area contributed by atoms with Crippen molar-refractivity contribution < 1.29 is 0 Å².